The van der Waals surface area contributed by atoms with Crippen LogP contribution >= 0.6 is 0 Å². The van der Waals surface area contributed by atoms with Crippen LogP contribution in [-0.2, 0) is 6.42 Å². The minimum atomic E-state index is 0.638. The first-order valence-corrected chi connectivity index (χ1v) is 7.28. The van der Waals surface area contributed by atoms with E-state index in [-0.39, 0.29) is 0 Å². The van der Waals surface area contributed by atoms with Gasteiger partial charge in [-0.05, 0) is 45.0 Å². The molecule has 1 aliphatic rings. The smallest absolute Gasteiger partial charge is 0.00677 e. The summed E-state index contributed by atoms with van der Waals surface area (Å²) < 4.78 is 0. The van der Waals surface area contributed by atoms with Crippen molar-refractivity contribution in [3.8, 4) is 0 Å². The van der Waals surface area contributed by atoms with Crippen LogP contribution in [0.5, 0.6) is 0 Å². The van der Waals surface area contributed by atoms with E-state index in [9.17, 15) is 0 Å². The molecule has 0 aliphatic heterocycles. The van der Waals surface area contributed by atoms with E-state index in [1.165, 1.54) is 39.1 Å². The lowest BCUT2D eigenvalue weighted by atomic mass is 9.81. The minimum Gasteiger partial charge on any atom is -0.0683 e. The van der Waals surface area contributed by atoms with Crippen molar-refractivity contribution in [1.82, 2.24) is 0 Å². The molecule has 3 aromatic carbocycles. The second kappa shape index (κ2) is 4.70. The number of rotatable bonds is 0. The summed E-state index contributed by atoms with van der Waals surface area (Å²) in [6.45, 7) is 6.34. The van der Waals surface area contributed by atoms with Crippen LogP contribution in [0.1, 0.15) is 37.8 Å². The molecule has 0 heteroatoms. The van der Waals surface area contributed by atoms with E-state index >= 15 is 0 Å². The van der Waals surface area contributed by atoms with Gasteiger partial charge in [-0.1, -0.05) is 69.3 Å². The lowest BCUT2D eigenvalue weighted by Crippen LogP contribution is -2.05. The summed E-state index contributed by atoms with van der Waals surface area (Å²) in [6, 6.07) is 17.9. The van der Waals surface area contributed by atoms with Crippen molar-refractivity contribution < 1.29 is 0 Å². The summed E-state index contributed by atoms with van der Waals surface area (Å²) >= 11 is 0. The maximum absolute atomic E-state index is 2.34. The monoisotopic (exact) mass is 248 g/mol. The molecule has 4 rings (SSSR count). The van der Waals surface area contributed by atoms with Gasteiger partial charge in [0.1, 0.15) is 0 Å². The van der Waals surface area contributed by atoms with Gasteiger partial charge in [0.2, 0.25) is 0 Å². The van der Waals surface area contributed by atoms with Crippen LogP contribution in [-0.4, -0.2) is 0 Å². The Morgan fingerprint density at radius 2 is 1.42 bits per heavy atom. The van der Waals surface area contributed by atoms with Crippen molar-refractivity contribution >= 4 is 21.5 Å². The molecule has 96 valence electrons. The van der Waals surface area contributed by atoms with Crippen LogP contribution < -0.4 is 0 Å². The second-order valence-electron chi connectivity index (χ2n) is 5.13. The highest BCUT2D eigenvalue weighted by molar-refractivity contribution is 6.11. The molecule has 0 radical (unpaired) electrons. The molecule has 0 nitrogen and oxygen atoms in total. The highest BCUT2D eigenvalue weighted by atomic mass is 14.2. The van der Waals surface area contributed by atoms with Gasteiger partial charge >= 0.3 is 0 Å². The Hall–Kier alpha value is -1.82. The Kier molecular flexibility index (Phi) is 3.02. The Morgan fingerprint density at radius 3 is 2.16 bits per heavy atom. The van der Waals surface area contributed by atoms with Gasteiger partial charge in [0.05, 0.1) is 0 Å². The Labute approximate surface area is 115 Å². The molecule has 0 bridgehead atoms. The van der Waals surface area contributed by atoms with Gasteiger partial charge in [-0.25, -0.2) is 0 Å². The molecule has 0 aromatic heterocycles. The summed E-state index contributed by atoms with van der Waals surface area (Å²) in [7, 11) is 0. The van der Waals surface area contributed by atoms with Crippen molar-refractivity contribution in [2.24, 2.45) is 0 Å². The summed E-state index contributed by atoms with van der Waals surface area (Å²) in [4.78, 5) is 0. The molecule has 0 fully saturated rings. The van der Waals surface area contributed by atoms with E-state index in [0.717, 1.165) is 0 Å². The van der Waals surface area contributed by atoms with E-state index in [2.05, 4.69) is 55.5 Å². The quantitative estimate of drug-likeness (QED) is 0.449. The van der Waals surface area contributed by atoms with Crippen LogP contribution in [0.15, 0.2) is 48.5 Å². The fraction of sp³-hybridized carbons (Fsp3) is 0.263. The van der Waals surface area contributed by atoms with Crippen molar-refractivity contribution in [1.29, 1.82) is 0 Å². The fourth-order valence-corrected chi connectivity index (χ4v) is 3.28. The van der Waals surface area contributed by atoms with Gasteiger partial charge in [0.15, 0.2) is 0 Å². The molecule has 0 spiro atoms. The molecular weight excluding hydrogens is 228 g/mol. The van der Waals surface area contributed by atoms with E-state index in [0.29, 0.717) is 5.92 Å². The van der Waals surface area contributed by atoms with Gasteiger partial charge in [-0.15, -0.1) is 0 Å². The van der Waals surface area contributed by atoms with Crippen molar-refractivity contribution in [2.45, 2.75) is 33.1 Å². The van der Waals surface area contributed by atoms with Crippen molar-refractivity contribution in [3.63, 3.8) is 0 Å². The Morgan fingerprint density at radius 1 is 0.789 bits per heavy atom. The highest BCUT2D eigenvalue weighted by Gasteiger charge is 2.19. The molecule has 1 aliphatic carbocycles. The largest absolute Gasteiger partial charge is 0.0683 e. The average Bonchev–Trinajstić information content (AvgIpc) is 2.48. The zero-order valence-electron chi connectivity index (χ0n) is 11.9. The predicted molar refractivity (Wildman–Crippen MR) is 84.9 cm³/mol. The Balaban J connectivity index is 0.000000528. The third-order valence-corrected chi connectivity index (χ3v) is 4.06. The van der Waals surface area contributed by atoms with Gasteiger partial charge in [-0.3, -0.25) is 0 Å². The summed E-state index contributed by atoms with van der Waals surface area (Å²) in [6.07, 6.45) is 1.17. The highest BCUT2D eigenvalue weighted by Crippen LogP contribution is 2.40. The first kappa shape index (κ1) is 12.2. The maximum Gasteiger partial charge on any atom is -0.00677 e. The lowest BCUT2D eigenvalue weighted by molar-refractivity contribution is 0.764. The van der Waals surface area contributed by atoms with Gasteiger partial charge in [0.25, 0.3) is 0 Å². The number of benzene rings is 3. The van der Waals surface area contributed by atoms with Gasteiger partial charge < -0.3 is 0 Å². The minimum absolute atomic E-state index is 0.638. The van der Waals surface area contributed by atoms with Crippen molar-refractivity contribution in [2.75, 3.05) is 0 Å². The third-order valence-electron chi connectivity index (χ3n) is 4.06. The lowest BCUT2D eigenvalue weighted by Gasteiger charge is -2.23. The van der Waals surface area contributed by atoms with E-state index in [1.54, 1.807) is 0 Å². The Bertz CT molecular complexity index is 737. The SMILES string of the molecule is CC.CC1Cc2cccc3ccc4cccc1c4c23. The summed E-state index contributed by atoms with van der Waals surface area (Å²) in [5, 5.41) is 5.74. The van der Waals surface area contributed by atoms with E-state index in [4.69, 9.17) is 0 Å². The summed E-state index contributed by atoms with van der Waals surface area (Å²) in [5.74, 6) is 0.638. The standard InChI is InChI=1S/C17H14.C2H6/c1-11-10-14-6-2-4-12-8-9-13-5-3-7-15(11)17(13)16(12)14;1-2/h2-9,11H,10H2,1H3;1-2H3. The molecule has 0 N–H and O–H groups in total. The first-order valence-electron chi connectivity index (χ1n) is 7.28. The van der Waals surface area contributed by atoms with Gasteiger partial charge in [-0.2, -0.15) is 0 Å². The average molecular weight is 248 g/mol. The molecule has 1 unspecified atom stereocenters. The van der Waals surface area contributed by atoms with Crippen LogP contribution in [0.25, 0.3) is 21.5 Å². The zero-order chi connectivity index (χ0) is 13.4. The van der Waals surface area contributed by atoms with Crippen LogP contribution in [0, 0.1) is 0 Å². The maximum atomic E-state index is 2.34. The van der Waals surface area contributed by atoms with Crippen LogP contribution in [0.4, 0.5) is 0 Å². The van der Waals surface area contributed by atoms with E-state index < -0.39 is 0 Å². The predicted octanol–water partition coefficient (Wildman–Crippen LogP) is 5.68. The number of hydrogen-bond donors (Lipinski definition) is 0. The molecule has 0 saturated carbocycles. The first-order chi connectivity index (χ1) is 9.34. The normalized spacial score (nSPS) is 16.5. The molecule has 3 aromatic rings. The number of hydrogen-bond acceptors (Lipinski definition) is 0. The topological polar surface area (TPSA) is 0 Å². The van der Waals surface area contributed by atoms with Crippen LogP contribution in [0.2, 0.25) is 0 Å². The molecular formula is C19H20. The van der Waals surface area contributed by atoms with Crippen LogP contribution in [0.3, 0.4) is 0 Å². The van der Waals surface area contributed by atoms with Gasteiger partial charge in [0, 0.05) is 0 Å². The van der Waals surface area contributed by atoms with E-state index in [1.807, 2.05) is 13.8 Å². The second-order valence-corrected chi connectivity index (χ2v) is 5.13. The summed E-state index contributed by atoms with van der Waals surface area (Å²) in [5.41, 5.74) is 3.03. The van der Waals surface area contributed by atoms with Crippen molar-refractivity contribution in [3.05, 3.63) is 59.7 Å². The zero-order valence-corrected chi connectivity index (χ0v) is 11.9. The molecule has 0 amide bonds. The molecule has 0 heterocycles. The molecule has 0 saturated heterocycles. The third kappa shape index (κ3) is 1.74. The fourth-order valence-electron chi connectivity index (χ4n) is 3.28. The molecule has 1 atom stereocenters. The molecule has 19 heavy (non-hydrogen) atoms.